The molecular formula is C21H46O3Si. The van der Waals surface area contributed by atoms with Crippen molar-refractivity contribution in [2.45, 2.75) is 116 Å². The van der Waals surface area contributed by atoms with E-state index in [4.69, 9.17) is 8.85 Å². The second kappa shape index (κ2) is 18.9. The molecule has 0 aromatic heterocycles. The third kappa shape index (κ3) is 14.9. The number of aliphatic hydroxyl groups excluding tert-OH is 1. The predicted molar refractivity (Wildman–Crippen MR) is 111 cm³/mol. The Bertz CT molecular complexity index is 249. The molecule has 0 unspecified atom stereocenters. The summed E-state index contributed by atoms with van der Waals surface area (Å²) in [5.41, 5.74) is 0. The van der Waals surface area contributed by atoms with Gasteiger partial charge in [0.25, 0.3) is 0 Å². The van der Waals surface area contributed by atoms with Crippen LogP contribution in [0.2, 0.25) is 6.04 Å². The van der Waals surface area contributed by atoms with Gasteiger partial charge < -0.3 is 14.0 Å². The van der Waals surface area contributed by atoms with Crippen molar-refractivity contribution in [3.63, 3.8) is 0 Å². The SMILES string of the molecule is CCCCCCCCCCCCCCCCCC[Si](CO)(OC)OC. The Morgan fingerprint density at radius 2 is 0.880 bits per heavy atom. The molecule has 0 aromatic carbocycles. The molecule has 0 aliphatic rings. The first-order valence-electron chi connectivity index (χ1n) is 11.0. The molecule has 4 heteroatoms. The monoisotopic (exact) mass is 374 g/mol. The zero-order valence-corrected chi connectivity index (χ0v) is 18.5. The Balaban J connectivity index is 3.21. The van der Waals surface area contributed by atoms with Crippen LogP contribution in [0.3, 0.4) is 0 Å². The first kappa shape index (κ1) is 25.1. The lowest BCUT2D eigenvalue weighted by Gasteiger charge is -2.24. The maximum absolute atomic E-state index is 9.41. The van der Waals surface area contributed by atoms with E-state index in [2.05, 4.69) is 6.92 Å². The molecule has 0 aliphatic carbocycles. The minimum Gasteiger partial charge on any atom is -0.396 e. The van der Waals surface area contributed by atoms with E-state index in [1.807, 2.05) is 0 Å². The molecule has 0 aliphatic heterocycles. The minimum absolute atomic E-state index is 0.0682. The Morgan fingerprint density at radius 3 is 1.16 bits per heavy atom. The van der Waals surface area contributed by atoms with Crippen molar-refractivity contribution in [3.8, 4) is 0 Å². The van der Waals surface area contributed by atoms with Crippen LogP contribution in [0.4, 0.5) is 0 Å². The molecule has 0 spiro atoms. The van der Waals surface area contributed by atoms with Gasteiger partial charge in [-0.1, -0.05) is 110 Å². The topological polar surface area (TPSA) is 38.7 Å². The van der Waals surface area contributed by atoms with E-state index in [9.17, 15) is 5.11 Å². The Kier molecular flexibility index (Phi) is 18.9. The molecule has 0 heterocycles. The number of unbranched alkanes of at least 4 members (excludes halogenated alkanes) is 15. The molecule has 0 saturated carbocycles. The van der Waals surface area contributed by atoms with Crippen LogP contribution in [0.15, 0.2) is 0 Å². The molecule has 3 nitrogen and oxygen atoms in total. The zero-order valence-electron chi connectivity index (χ0n) is 17.5. The lowest BCUT2D eigenvalue weighted by atomic mass is 10.0. The van der Waals surface area contributed by atoms with Gasteiger partial charge in [-0.25, -0.2) is 0 Å². The first-order chi connectivity index (χ1) is 12.2. The van der Waals surface area contributed by atoms with Gasteiger partial charge in [0.1, 0.15) is 0 Å². The van der Waals surface area contributed by atoms with E-state index in [-0.39, 0.29) is 6.23 Å². The number of hydrogen-bond acceptors (Lipinski definition) is 3. The fraction of sp³-hybridized carbons (Fsp3) is 1.00. The lowest BCUT2D eigenvalue weighted by Crippen LogP contribution is -2.44. The molecule has 0 amide bonds. The highest BCUT2D eigenvalue weighted by molar-refractivity contribution is 6.67. The zero-order chi connectivity index (χ0) is 18.6. The van der Waals surface area contributed by atoms with Gasteiger partial charge in [-0.05, 0) is 6.04 Å². The summed E-state index contributed by atoms with van der Waals surface area (Å²) in [6.07, 6.45) is 22.2. The van der Waals surface area contributed by atoms with Gasteiger partial charge in [0, 0.05) is 14.2 Å². The third-order valence-corrected chi connectivity index (χ3v) is 8.48. The molecule has 0 radical (unpaired) electrons. The number of aliphatic hydroxyl groups is 1. The summed E-state index contributed by atoms with van der Waals surface area (Å²) in [7, 11) is 1.06. The Hall–Kier alpha value is 0.0969. The largest absolute Gasteiger partial charge is 0.396 e. The molecule has 25 heavy (non-hydrogen) atoms. The summed E-state index contributed by atoms with van der Waals surface area (Å²) < 4.78 is 10.9. The van der Waals surface area contributed by atoms with Crippen molar-refractivity contribution in [2.24, 2.45) is 0 Å². The fourth-order valence-electron chi connectivity index (χ4n) is 3.44. The molecule has 152 valence electrons. The van der Waals surface area contributed by atoms with Crippen molar-refractivity contribution in [3.05, 3.63) is 0 Å². The third-order valence-electron chi connectivity index (χ3n) is 5.40. The summed E-state index contributed by atoms with van der Waals surface area (Å²) in [4.78, 5) is 0. The van der Waals surface area contributed by atoms with Gasteiger partial charge in [-0.2, -0.15) is 0 Å². The fourth-order valence-corrected chi connectivity index (χ4v) is 5.22. The van der Waals surface area contributed by atoms with Gasteiger partial charge in [0.05, 0.1) is 6.23 Å². The van der Waals surface area contributed by atoms with Crippen molar-refractivity contribution in [1.82, 2.24) is 0 Å². The van der Waals surface area contributed by atoms with E-state index >= 15 is 0 Å². The summed E-state index contributed by atoms with van der Waals surface area (Å²) in [6.45, 7) is 2.28. The van der Waals surface area contributed by atoms with Crippen molar-refractivity contribution >= 4 is 8.56 Å². The van der Waals surface area contributed by atoms with Crippen molar-refractivity contribution in [2.75, 3.05) is 20.4 Å². The van der Waals surface area contributed by atoms with Crippen LogP contribution in [0.1, 0.15) is 110 Å². The van der Waals surface area contributed by atoms with Crippen LogP contribution >= 0.6 is 0 Å². The Morgan fingerprint density at radius 1 is 0.560 bits per heavy atom. The molecule has 0 saturated heterocycles. The van der Waals surface area contributed by atoms with Gasteiger partial charge >= 0.3 is 8.56 Å². The first-order valence-corrected chi connectivity index (χ1v) is 13.2. The van der Waals surface area contributed by atoms with Crippen LogP contribution in [-0.2, 0) is 8.85 Å². The standard InChI is InChI=1S/C21H46O3Si/c1-4-5-6-7-8-9-10-11-12-13-14-15-16-17-18-19-20-25(21-22,23-2)24-3/h22H,4-21H2,1-3H3. The van der Waals surface area contributed by atoms with E-state index in [0.717, 1.165) is 12.5 Å². The summed E-state index contributed by atoms with van der Waals surface area (Å²) >= 11 is 0. The quantitative estimate of drug-likeness (QED) is 0.195. The molecule has 0 aromatic rings. The molecule has 0 rings (SSSR count). The van der Waals surface area contributed by atoms with E-state index < -0.39 is 8.56 Å². The maximum atomic E-state index is 9.41. The van der Waals surface area contributed by atoms with Gasteiger partial charge in [0.2, 0.25) is 0 Å². The predicted octanol–water partition coefficient (Wildman–Crippen LogP) is 6.51. The maximum Gasteiger partial charge on any atom is 0.363 e. The second-order valence-corrected chi connectivity index (χ2v) is 11.0. The summed E-state index contributed by atoms with van der Waals surface area (Å²) in [5, 5.41) is 9.41. The normalized spacial score (nSPS) is 12.0. The van der Waals surface area contributed by atoms with E-state index in [1.54, 1.807) is 14.2 Å². The highest BCUT2D eigenvalue weighted by Crippen LogP contribution is 2.18. The molecule has 0 fully saturated rings. The number of hydrogen-bond donors (Lipinski definition) is 1. The van der Waals surface area contributed by atoms with Gasteiger partial charge in [-0.3, -0.25) is 0 Å². The van der Waals surface area contributed by atoms with E-state index in [0.29, 0.717) is 0 Å². The van der Waals surface area contributed by atoms with Crippen molar-refractivity contribution < 1.29 is 14.0 Å². The average molecular weight is 375 g/mol. The molecule has 1 N–H and O–H groups in total. The molecular weight excluding hydrogens is 328 g/mol. The highest BCUT2D eigenvalue weighted by atomic mass is 28.4. The second-order valence-electron chi connectivity index (χ2n) is 7.53. The van der Waals surface area contributed by atoms with Crippen LogP contribution < -0.4 is 0 Å². The van der Waals surface area contributed by atoms with Crippen LogP contribution in [0.5, 0.6) is 0 Å². The smallest absolute Gasteiger partial charge is 0.363 e. The molecule has 0 atom stereocenters. The van der Waals surface area contributed by atoms with Gasteiger partial charge in [-0.15, -0.1) is 0 Å². The van der Waals surface area contributed by atoms with Gasteiger partial charge in [0.15, 0.2) is 0 Å². The molecule has 0 bridgehead atoms. The van der Waals surface area contributed by atoms with E-state index in [1.165, 1.54) is 96.3 Å². The van der Waals surface area contributed by atoms with Crippen molar-refractivity contribution in [1.29, 1.82) is 0 Å². The lowest BCUT2D eigenvalue weighted by molar-refractivity contribution is 0.195. The highest BCUT2D eigenvalue weighted by Gasteiger charge is 2.33. The Labute approximate surface area is 159 Å². The summed E-state index contributed by atoms with van der Waals surface area (Å²) in [6, 6.07) is 0.912. The summed E-state index contributed by atoms with van der Waals surface area (Å²) in [5.74, 6) is 0. The van der Waals surface area contributed by atoms with Crippen LogP contribution in [0, 0.1) is 0 Å². The minimum atomic E-state index is -2.27. The number of rotatable bonds is 20. The van der Waals surface area contributed by atoms with Crippen LogP contribution in [-0.4, -0.2) is 34.1 Å². The average Bonchev–Trinajstić information content (AvgIpc) is 2.65. The van der Waals surface area contributed by atoms with Crippen LogP contribution in [0.25, 0.3) is 0 Å².